The molecule has 0 spiro atoms. The summed E-state index contributed by atoms with van der Waals surface area (Å²) < 4.78 is 2.02. The molecule has 0 aromatic carbocycles. The lowest BCUT2D eigenvalue weighted by Gasteiger charge is -2.23. The van der Waals surface area contributed by atoms with Gasteiger partial charge in [-0.15, -0.1) is 0 Å². The second kappa shape index (κ2) is 4.35. The van der Waals surface area contributed by atoms with Crippen LogP contribution in [0.2, 0.25) is 0 Å². The van der Waals surface area contributed by atoms with E-state index < -0.39 is 0 Å². The van der Waals surface area contributed by atoms with Crippen molar-refractivity contribution >= 4 is 11.4 Å². The second-order valence-corrected chi connectivity index (χ2v) is 6.10. The van der Waals surface area contributed by atoms with Crippen LogP contribution in [0.1, 0.15) is 22.3 Å². The van der Waals surface area contributed by atoms with Gasteiger partial charge in [0.25, 0.3) is 5.91 Å². The summed E-state index contributed by atoms with van der Waals surface area (Å²) in [7, 11) is 0. The average molecular weight is 269 g/mol. The van der Waals surface area contributed by atoms with Gasteiger partial charge in [0, 0.05) is 37.0 Å². The smallest absolute Gasteiger partial charge is 0.253 e. The van der Waals surface area contributed by atoms with Gasteiger partial charge in [-0.1, -0.05) is 0 Å². The molecule has 0 saturated carbocycles. The van der Waals surface area contributed by atoms with E-state index in [-0.39, 0.29) is 5.91 Å². The van der Waals surface area contributed by atoms with E-state index in [9.17, 15) is 4.79 Å². The Balaban J connectivity index is 1.54. The first-order valence-electron chi connectivity index (χ1n) is 7.31. The molecule has 3 atom stereocenters. The number of hydrogen-bond donors (Lipinski definition) is 1. The van der Waals surface area contributed by atoms with Crippen LogP contribution in [-0.2, 0) is 0 Å². The lowest BCUT2D eigenvalue weighted by atomic mass is 10.00. The summed E-state index contributed by atoms with van der Waals surface area (Å²) in [6.07, 6.45) is 5.15. The first-order valence-corrected chi connectivity index (χ1v) is 7.31. The van der Waals surface area contributed by atoms with Crippen LogP contribution < -0.4 is 5.32 Å². The highest BCUT2D eigenvalue weighted by molar-refractivity contribution is 5.94. The largest absolute Gasteiger partial charge is 0.348 e. The zero-order valence-corrected chi connectivity index (χ0v) is 11.7. The first-order chi connectivity index (χ1) is 9.70. The predicted molar refractivity (Wildman–Crippen MR) is 77.9 cm³/mol. The molecule has 20 heavy (non-hydrogen) atoms. The van der Waals surface area contributed by atoms with Crippen molar-refractivity contribution < 1.29 is 4.79 Å². The monoisotopic (exact) mass is 269 g/mol. The van der Waals surface area contributed by atoms with Gasteiger partial charge in [0.15, 0.2) is 0 Å². The van der Waals surface area contributed by atoms with Crippen LogP contribution in [0.5, 0.6) is 0 Å². The Kier molecular flexibility index (Phi) is 2.60. The van der Waals surface area contributed by atoms with E-state index in [4.69, 9.17) is 0 Å². The summed E-state index contributed by atoms with van der Waals surface area (Å²) in [5, 5.41) is 3.20. The Bertz CT molecular complexity index is 675. The fraction of sp³-hybridized carbons (Fsp3) is 0.438. The molecule has 2 aromatic heterocycles. The third-order valence-electron chi connectivity index (χ3n) is 4.78. The Hall–Kier alpha value is -1.81. The fourth-order valence-corrected chi connectivity index (χ4v) is 3.59. The SMILES string of the molecule is Cc1ccn2cc(C(=O)NC3CN4CCC3C4)ccc12. The van der Waals surface area contributed by atoms with E-state index in [1.54, 1.807) is 0 Å². The average Bonchev–Trinajstić information content (AvgIpc) is 3.14. The molecule has 1 amide bonds. The third kappa shape index (κ3) is 1.83. The van der Waals surface area contributed by atoms with Crippen LogP contribution in [0, 0.1) is 12.8 Å². The van der Waals surface area contributed by atoms with Crippen molar-refractivity contribution in [3.05, 3.63) is 41.7 Å². The number of nitrogens with zero attached hydrogens (tertiary/aromatic N) is 2. The number of aryl methyl sites for hydroxylation is 1. The number of carbonyl (C=O) groups excluding carboxylic acids is 1. The van der Waals surface area contributed by atoms with Gasteiger partial charge in [0.1, 0.15) is 0 Å². The number of piperidine rings is 1. The van der Waals surface area contributed by atoms with E-state index >= 15 is 0 Å². The molecule has 4 rings (SSSR count). The van der Waals surface area contributed by atoms with Gasteiger partial charge in [-0.3, -0.25) is 4.79 Å². The van der Waals surface area contributed by atoms with Crippen LogP contribution in [0.25, 0.3) is 5.52 Å². The highest BCUT2D eigenvalue weighted by Gasteiger charge is 2.38. The molecular formula is C16H19N3O. The highest BCUT2D eigenvalue weighted by atomic mass is 16.1. The van der Waals surface area contributed by atoms with Crippen molar-refractivity contribution in [1.29, 1.82) is 0 Å². The van der Waals surface area contributed by atoms with E-state index in [0.717, 1.165) is 24.2 Å². The van der Waals surface area contributed by atoms with Gasteiger partial charge >= 0.3 is 0 Å². The summed E-state index contributed by atoms with van der Waals surface area (Å²) >= 11 is 0. The quantitative estimate of drug-likeness (QED) is 0.900. The molecule has 2 bridgehead atoms. The van der Waals surface area contributed by atoms with Crippen molar-refractivity contribution in [3.8, 4) is 0 Å². The molecule has 2 fully saturated rings. The molecule has 4 heterocycles. The Morgan fingerprint density at radius 1 is 1.30 bits per heavy atom. The van der Waals surface area contributed by atoms with Gasteiger partial charge in [0.05, 0.1) is 5.56 Å². The summed E-state index contributed by atoms with van der Waals surface area (Å²) in [5.41, 5.74) is 3.14. The number of rotatable bonds is 2. The third-order valence-corrected chi connectivity index (χ3v) is 4.78. The minimum Gasteiger partial charge on any atom is -0.348 e. The van der Waals surface area contributed by atoms with Crippen LogP contribution in [0.4, 0.5) is 0 Å². The lowest BCUT2D eigenvalue weighted by molar-refractivity contribution is 0.0924. The Morgan fingerprint density at radius 3 is 2.95 bits per heavy atom. The zero-order valence-electron chi connectivity index (χ0n) is 11.7. The van der Waals surface area contributed by atoms with Gasteiger partial charge in [-0.25, -0.2) is 0 Å². The van der Waals surface area contributed by atoms with Crippen molar-refractivity contribution in [2.75, 3.05) is 19.6 Å². The molecule has 2 aliphatic rings. The molecule has 0 aliphatic carbocycles. The fourth-order valence-electron chi connectivity index (χ4n) is 3.59. The maximum absolute atomic E-state index is 12.4. The van der Waals surface area contributed by atoms with E-state index in [0.29, 0.717) is 12.0 Å². The summed E-state index contributed by atoms with van der Waals surface area (Å²) in [4.78, 5) is 14.8. The summed E-state index contributed by atoms with van der Waals surface area (Å²) in [6.45, 7) is 5.45. The van der Waals surface area contributed by atoms with E-state index in [1.165, 1.54) is 18.5 Å². The minimum atomic E-state index is 0.0528. The summed E-state index contributed by atoms with van der Waals surface area (Å²) in [5.74, 6) is 0.702. The van der Waals surface area contributed by atoms with Crippen molar-refractivity contribution in [1.82, 2.24) is 14.6 Å². The highest BCUT2D eigenvalue weighted by Crippen LogP contribution is 2.27. The Labute approximate surface area is 118 Å². The van der Waals surface area contributed by atoms with E-state index in [2.05, 4.69) is 23.2 Å². The maximum atomic E-state index is 12.4. The molecule has 0 radical (unpaired) electrons. The van der Waals surface area contributed by atoms with Gasteiger partial charge in [-0.05, 0) is 49.6 Å². The molecule has 1 N–H and O–H groups in total. The van der Waals surface area contributed by atoms with Gasteiger partial charge in [-0.2, -0.15) is 0 Å². The predicted octanol–water partition coefficient (Wildman–Crippen LogP) is 1.68. The number of amides is 1. The number of carbonyl (C=O) groups is 1. The summed E-state index contributed by atoms with van der Waals surface area (Å²) in [6, 6.07) is 6.35. The molecule has 4 heteroatoms. The zero-order chi connectivity index (χ0) is 13.7. The van der Waals surface area contributed by atoms with Crippen LogP contribution in [0.3, 0.4) is 0 Å². The van der Waals surface area contributed by atoms with Crippen LogP contribution in [0.15, 0.2) is 30.6 Å². The Morgan fingerprint density at radius 2 is 2.20 bits per heavy atom. The van der Waals surface area contributed by atoms with Crippen LogP contribution in [-0.4, -0.2) is 40.9 Å². The topological polar surface area (TPSA) is 36.8 Å². The molecule has 4 nitrogen and oxygen atoms in total. The molecule has 104 valence electrons. The normalized spacial score (nSPS) is 28.1. The number of hydrogen-bond acceptors (Lipinski definition) is 2. The number of pyridine rings is 1. The molecule has 2 aromatic rings. The van der Waals surface area contributed by atoms with Gasteiger partial charge < -0.3 is 14.6 Å². The van der Waals surface area contributed by atoms with Crippen molar-refractivity contribution in [2.24, 2.45) is 5.92 Å². The lowest BCUT2D eigenvalue weighted by Crippen LogP contribution is -2.43. The number of nitrogens with one attached hydrogen (secondary N) is 1. The van der Waals surface area contributed by atoms with E-state index in [1.807, 2.05) is 28.9 Å². The molecular weight excluding hydrogens is 250 g/mol. The first kappa shape index (κ1) is 12.0. The molecule has 3 unspecified atom stereocenters. The second-order valence-electron chi connectivity index (χ2n) is 6.10. The number of fused-ring (bicyclic) bond motifs is 3. The molecule has 2 saturated heterocycles. The maximum Gasteiger partial charge on any atom is 0.253 e. The molecule has 2 aliphatic heterocycles. The van der Waals surface area contributed by atoms with Crippen LogP contribution >= 0.6 is 0 Å². The number of aromatic nitrogens is 1. The van der Waals surface area contributed by atoms with Crippen molar-refractivity contribution in [3.63, 3.8) is 0 Å². The van der Waals surface area contributed by atoms with Crippen molar-refractivity contribution in [2.45, 2.75) is 19.4 Å². The minimum absolute atomic E-state index is 0.0528. The van der Waals surface area contributed by atoms with Gasteiger partial charge in [0.2, 0.25) is 0 Å². The standard InChI is InChI=1S/C16H19N3O/c1-11-4-7-19-9-13(2-3-15(11)19)16(20)17-14-10-18-6-5-12(14)8-18/h2-4,7,9,12,14H,5-6,8,10H2,1H3,(H,17,20).